The molecule has 0 aromatic heterocycles. The number of halogens is 1. The molecule has 0 bridgehead atoms. The molecular weight excluding hydrogens is 344 g/mol. The average Bonchev–Trinajstić information content (AvgIpc) is 2.69. The Hall–Kier alpha value is -3.17. The Morgan fingerprint density at radius 1 is 0.846 bits per heavy atom. The van der Waals surface area contributed by atoms with Gasteiger partial charge in [0, 0.05) is 5.56 Å². The first-order chi connectivity index (χ1) is 12.7. The first kappa shape index (κ1) is 17.6. The standard InChI is InChI=1S/C22H17ClN2O/c23-20-14-8-7-13-19(20)22(26)25-24-21(18-11-5-2-6-12-18)16-15-17-9-3-1-4-10-17/h1-16H,(H,25,26)/b16-15+,24-21-. The summed E-state index contributed by atoms with van der Waals surface area (Å²) < 4.78 is 0. The SMILES string of the molecule is O=C(N/N=C(/C=C/c1ccccc1)c1ccccc1)c1ccccc1Cl. The fourth-order valence-electron chi connectivity index (χ4n) is 2.36. The molecule has 0 spiro atoms. The highest BCUT2D eigenvalue weighted by Gasteiger charge is 2.09. The average molecular weight is 361 g/mol. The normalized spacial score (nSPS) is 11.5. The highest BCUT2D eigenvalue weighted by Crippen LogP contribution is 2.14. The molecule has 128 valence electrons. The minimum Gasteiger partial charge on any atom is -0.267 e. The first-order valence-corrected chi connectivity index (χ1v) is 8.53. The molecule has 0 atom stereocenters. The van der Waals surface area contributed by atoms with Crippen molar-refractivity contribution in [2.24, 2.45) is 5.10 Å². The number of carbonyl (C=O) groups is 1. The van der Waals surface area contributed by atoms with Gasteiger partial charge >= 0.3 is 0 Å². The fourth-order valence-corrected chi connectivity index (χ4v) is 2.58. The van der Waals surface area contributed by atoms with Gasteiger partial charge in [-0.3, -0.25) is 4.79 Å². The van der Waals surface area contributed by atoms with Crippen LogP contribution in [-0.2, 0) is 0 Å². The molecule has 0 aliphatic rings. The highest BCUT2D eigenvalue weighted by atomic mass is 35.5. The van der Waals surface area contributed by atoms with Crippen LogP contribution in [0.15, 0.2) is 96.1 Å². The second kappa shape index (κ2) is 8.79. The van der Waals surface area contributed by atoms with Crippen LogP contribution in [-0.4, -0.2) is 11.6 Å². The van der Waals surface area contributed by atoms with Crippen molar-refractivity contribution in [3.8, 4) is 0 Å². The molecule has 0 aliphatic carbocycles. The van der Waals surface area contributed by atoms with Gasteiger partial charge in [-0.15, -0.1) is 0 Å². The molecule has 3 aromatic rings. The second-order valence-electron chi connectivity index (χ2n) is 5.53. The van der Waals surface area contributed by atoms with Crippen molar-refractivity contribution in [2.75, 3.05) is 0 Å². The van der Waals surface area contributed by atoms with E-state index < -0.39 is 0 Å². The molecule has 0 radical (unpaired) electrons. The number of nitrogens with one attached hydrogen (secondary N) is 1. The van der Waals surface area contributed by atoms with Crippen LogP contribution in [0.1, 0.15) is 21.5 Å². The Morgan fingerprint density at radius 3 is 2.15 bits per heavy atom. The summed E-state index contributed by atoms with van der Waals surface area (Å²) >= 11 is 6.07. The van der Waals surface area contributed by atoms with Crippen LogP contribution in [0.2, 0.25) is 5.02 Å². The lowest BCUT2D eigenvalue weighted by Crippen LogP contribution is -2.20. The van der Waals surface area contributed by atoms with E-state index in [1.54, 1.807) is 24.3 Å². The lowest BCUT2D eigenvalue weighted by atomic mass is 10.1. The second-order valence-corrected chi connectivity index (χ2v) is 5.94. The Labute approximate surface area is 157 Å². The molecule has 26 heavy (non-hydrogen) atoms. The summed E-state index contributed by atoms with van der Waals surface area (Å²) in [4.78, 5) is 12.3. The summed E-state index contributed by atoms with van der Waals surface area (Å²) in [5, 5.41) is 4.69. The van der Waals surface area contributed by atoms with Gasteiger partial charge in [-0.05, 0) is 23.8 Å². The number of hydrogen-bond donors (Lipinski definition) is 1. The smallest absolute Gasteiger partial charge is 0.267 e. The molecule has 3 nitrogen and oxygen atoms in total. The summed E-state index contributed by atoms with van der Waals surface area (Å²) in [5.41, 5.74) is 5.57. The lowest BCUT2D eigenvalue weighted by Gasteiger charge is -2.05. The predicted octanol–water partition coefficient (Wildman–Crippen LogP) is 5.19. The van der Waals surface area contributed by atoms with Gasteiger partial charge in [-0.1, -0.05) is 90.5 Å². The van der Waals surface area contributed by atoms with Gasteiger partial charge in [0.15, 0.2) is 0 Å². The van der Waals surface area contributed by atoms with Crippen molar-refractivity contribution in [3.63, 3.8) is 0 Å². The molecule has 4 heteroatoms. The van der Waals surface area contributed by atoms with Gasteiger partial charge in [0.2, 0.25) is 0 Å². The van der Waals surface area contributed by atoms with Crippen LogP contribution < -0.4 is 5.43 Å². The number of rotatable bonds is 5. The zero-order valence-corrected chi connectivity index (χ0v) is 14.7. The van der Waals surface area contributed by atoms with Crippen LogP contribution in [0.5, 0.6) is 0 Å². The third-order valence-electron chi connectivity index (χ3n) is 3.70. The van der Waals surface area contributed by atoms with Crippen molar-refractivity contribution in [1.29, 1.82) is 0 Å². The molecule has 0 heterocycles. The molecule has 1 amide bonds. The zero-order chi connectivity index (χ0) is 18.2. The summed E-state index contributed by atoms with van der Waals surface area (Å²) in [7, 11) is 0. The third kappa shape index (κ3) is 4.68. The van der Waals surface area contributed by atoms with Gasteiger partial charge < -0.3 is 0 Å². The molecule has 0 saturated heterocycles. The van der Waals surface area contributed by atoms with E-state index in [0.717, 1.165) is 11.1 Å². The molecule has 1 N–H and O–H groups in total. The summed E-state index contributed by atoms with van der Waals surface area (Å²) in [6.07, 6.45) is 3.82. The summed E-state index contributed by atoms with van der Waals surface area (Å²) in [6.45, 7) is 0. The fraction of sp³-hybridized carbons (Fsp3) is 0. The van der Waals surface area contributed by atoms with Gasteiger partial charge in [-0.2, -0.15) is 5.10 Å². The van der Waals surface area contributed by atoms with E-state index in [0.29, 0.717) is 16.3 Å². The molecule has 0 unspecified atom stereocenters. The van der Waals surface area contributed by atoms with Crippen LogP contribution >= 0.6 is 11.6 Å². The third-order valence-corrected chi connectivity index (χ3v) is 4.03. The number of hydrogen-bond acceptors (Lipinski definition) is 2. The molecule has 3 aromatic carbocycles. The lowest BCUT2D eigenvalue weighted by molar-refractivity contribution is 0.0955. The molecular formula is C22H17ClN2O. The highest BCUT2D eigenvalue weighted by molar-refractivity contribution is 6.33. The minimum atomic E-state index is -0.350. The van der Waals surface area contributed by atoms with E-state index in [2.05, 4.69) is 10.5 Å². The van der Waals surface area contributed by atoms with Gasteiger partial charge in [0.1, 0.15) is 0 Å². The summed E-state index contributed by atoms with van der Waals surface area (Å²) in [6, 6.07) is 26.5. The Morgan fingerprint density at radius 2 is 1.46 bits per heavy atom. The number of nitrogens with zero attached hydrogens (tertiary/aromatic N) is 1. The maximum atomic E-state index is 12.3. The summed E-state index contributed by atoms with van der Waals surface area (Å²) in [5.74, 6) is -0.350. The largest absolute Gasteiger partial charge is 0.272 e. The van der Waals surface area contributed by atoms with Crippen molar-refractivity contribution >= 4 is 29.3 Å². The van der Waals surface area contributed by atoms with Crippen LogP contribution in [0.25, 0.3) is 6.08 Å². The Kier molecular flexibility index (Phi) is 5.96. The maximum absolute atomic E-state index is 12.3. The minimum absolute atomic E-state index is 0.350. The Balaban J connectivity index is 1.86. The van der Waals surface area contributed by atoms with E-state index in [1.165, 1.54) is 0 Å². The first-order valence-electron chi connectivity index (χ1n) is 8.15. The van der Waals surface area contributed by atoms with Crippen molar-refractivity contribution in [2.45, 2.75) is 0 Å². The van der Waals surface area contributed by atoms with Crippen LogP contribution in [0.3, 0.4) is 0 Å². The van der Waals surface area contributed by atoms with E-state index in [1.807, 2.05) is 72.8 Å². The number of hydrazone groups is 1. The van der Waals surface area contributed by atoms with Crippen molar-refractivity contribution < 1.29 is 4.79 Å². The number of amides is 1. The van der Waals surface area contributed by atoms with E-state index >= 15 is 0 Å². The van der Waals surface area contributed by atoms with E-state index in [-0.39, 0.29) is 5.91 Å². The van der Waals surface area contributed by atoms with Gasteiger partial charge in [-0.25, -0.2) is 5.43 Å². The van der Waals surface area contributed by atoms with E-state index in [9.17, 15) is 4.79 Å². The molecule has 0 fully saturated rings. The monoisotopic (exact) mass is 360 g/mol. The van der Waals surface area contributed by atoms with Crippen LogP contribution in [0.4, 0.5) is 0 Å². The molecule has 0 aliphatic heterocycles. The molecule has 3 rings (SSSR count). The molecule has 0 saturated carbocycles. The van der Waals surface area contributed by atoms with Gasteiger partial charge in [0.05, 0.1) is 16.3 Å². The number of allylic oxidation sites excluding steroid dienone is 1. The van der Waals surface area contributed by atoms with Crippen molar-refractivity contribution in [1.82, 2.24) is 5.43 Å². The maximum Gasteiger partial charge on any atom is 0.272 e. The zero-order valence-electron chi connectivity index (χ0n) is 14.0. The topological polar surface area (TPSA) is 41.5 Å². The quantitative estimate of drug-likeness (QED) is 0.494. The van der Waals surface area contributed by atoms with E-state index in [4.69, 9.17) is 11.6 Å². The van der Waals surface area contributed by atoms with Crippen molar-refractivity contribution in [3.05, 3.63) is 113 Å². The number of benzene rings is 3. The van der Waals surface area contributed by atoms with Crippen LogP contribution in [0, 0.1) is 0 Å². The van der Waals surface area contributed by atoms with Gasteiger partial charge in [0.25, 0.3) is 5.91 Å². The Bertz CT molecular complexity index is 935. The predicted molar refractivity (Wildman–Crippen MR) is 107 cm³/mol. The number of carbonyl (C=O) groups excluding carboxylic acids is 1.